The number of rotatable bonds is 4. The number of carboxylic acids is 1. The average molecular weight is 319 g/mol. The Morgan fingerprint density at radius 3 is 2.23 bits per heavy atom. The number of carboxylic acid groups (broad SMARTS) is 1. The molecule has 0 unspecified atom stereocenters. The second-order valence-electron chi connectivity index (χ2n) is 5.03. The Morgan fingerprint density at radius 1 is 1.09 bits per heavy atom. The van der Waals surface area contributed by atoms with Crippen LogP contribution in [0.25, 0.3) is 0 Å². The van der Waals surface area contributed by atoms with E-state index >= 15 is 0 Å². The third-order valence-electron chi connectivity index (χ3n) is 3.62. The molecule has 0 aliphatic carbocycles. The van der Waals surface area contributed by atoms with Crippen LogP contribution in [0.15, 0.2) is 47.4 Å². The summed E-state index contributed by atoms with van der Waals surface area (Å²) in [6.45, 7) is 3.37. The minimum absolute atomic E-state index is 0.0104. The predicted molar refractivity (Wildman–Crippen MR) is 84.9 cm³/mol. The molecule has 0 fully saturated rings. The maximum absolute atomic E-state index is 12.8. The molecule has 0 heterocycles. The molecule has 2 aromatic carbocycles. The van der Waals surface area contributed by atoms with E-state index in [1.165, 1.54) is 19.2 Å². The van der Waals surface area contributed by atoms with Crippen molar-refractivity contribution in [3.05, 3.63) is 59.2 Å². The quantitative estimate of drug-likeness (QED) is 0.940. The number of sulfonamides is 1. The zero-order valence-corrected chi connectivity index (χ0v) is 13.4. The van der Waals surface area contributed by atoms with Crippen LogP contribution in [0.1, 0.15) is 21.5 Å². The van der Waals surface area contributed by atoms with Crippen molar-refractivity contribution in [2.45, 2.75) is 18.7 Å². The van der Waals surface area contributed by atoms with Gasteiger partial charge in [-0.25, -0.2) is 13.2 Å². The topological polar surface area (TPSA) is 74.7 Å². The van der Waals surface area contributed by atoms with E-state index in [-0.39, 0.29) is 10.5 Å². The van der Waals surface area contributed by atoms with Crippen LogP contribution in [0.4, 0.5) is 5.69 Å². The van der Waals surface area contributed by atoms with Gasteiger partial charge in [0.25, 0.3) is 10.0 Å². The zero-order valence-electron chi connectivity index (χ0n) is 12.6. The van der Waals surface area contributed by atoms with Gasteiger partial charge in [-0.05, 0) is 49.2 Å². The van der Waals surface area contributed by atoms with Crippen molar-refractivity contribution in [3.8, 4) is 0 Å². The molecular formula is C16H17NO4S. The third-order valence-corrected chi connectivity index (χ3v) is 5.54. The molecular weight excluding hydrogens is 302 g/mol. The molecule has 6 heteroatoms. The summed E-state index contributed by atoms with van der Waals surface area (Å²) in [6, 6.07) is 11.3. The lowest BCUT2D eigenvalue weighted by Crippen LogP contribution is -2.27. The molecule has 0 radical (unpaired) electrons. The Labute approximate surface area is 129 Å². The van der Waals surface area contributed by atoms with Crippen molar-refractivity contribution in [2.75, 3.05) is 11.4 Å². The Balaban J connectivity index is 2.61. The van der Waals surface area contributed by atoms with Crippen LogP contribution >= 0.6 is 0 Å². The van der Waals surface area contributed by atoms with Crippen molar-refractivity contribution in [1.82, 2.24) is 0 Å². The maximum atomic E-state index is 12.8. The molecule has 0 spiro atoms. The van der Waals surface area contributed by atoms with E-state index in [0.717, 1.165) is 4.31 Å². The van der Waals surface area contributed by atoms with Crippen LogP contribution < -0.4 is 4.31 Å². The highest BCUT2D eigenvalue weighted by Crippen LogP contribution is 2.27. The molecule has 5 nitrogen and oxygen atoms in total. The normalized spacial score (nSPS) is 11.2. The fourth-order valence-electron chi connectivity index (χ4n) is 2.14. The van der Waals surface area contributed by atoms with Gasteiger partial charge in [-0.1, -0.05) is 18.2 Å². The number of anilines is 1. The van der Waals surface area contributed by atoms with Gasteiger partial charge in [0, 0.05) is 7.05 Å². The van der Waals surface area contributed by atoms with E-state index in [1.54, 1.807) is 44.2 Å². The first-order valence-corrected chi connectivity index (χ1v) is 8.07. The van der Waals surface area contributed by atoms with Crippen LogP contribution in [-0.4, -0.2) is 26.5 Å². The van der Waals surface area contributed by atoms with E-state index in [4.69, 9.17) is 5.11 Å². The van der Waals surface area contributed by atoms with Gasteiger partial charge in [-0.15, -0.1) is 0 Å². The van der Waals surface area contributed by atoms with Crippen molar-refractivity contribution < 1.29 is 18.3 Å². The lowest BCUT2D eigenvalue weighted by atomic mass is 10.1. The van der Waals surface area contributed by atoms with Gasteiger partial charge >= 0.3 is 5.97 Å². The summed E-state index contributed by atoms with van der Waals surface area (Å²) >= 11 is 0. The van der Waals surface area contributed by atoms with Crippen LogP contribution in [0.5, 0.6) is 0 Å². The Bertz CT molecular complexity index is 814. The van der Waals surface area contributed by atoms with E-state index in [2.05, 4.69) is 0 Å². The molecule has 0 amide bonds. The number of aryl methyl sites for hydroxylation is 1. The number of nitrogens with zero attached hydrogens (tertiary/aromatic N) is 1. The molecule has 0 aliphatic rings. The SMILES string of the molecule is Cc1cc(C(=O)O)cc(S(=O)(=O)N(C)c2ccccc2)c1C. The second-order valence-corrected chi connectivity index (χ2v) is 6.97. The molecule has 0 saturated carbocycles. The van der Waals surface area contributed by atoms with Crippen LogP contribution in [0.2, 0.25) is 0 Å². The standard InChI is InChI=1S/C16H17NO4S/c1-11-9-13(16(18)19)10-15(12(11)2)22(20,21)17(3)14-7-5-4-6-8-14/h4-10H,1-3H3,(H,18,19). The highest BCUT2D eigenvalue weighted by molar-refractivity contribution is 7.92. The fourth-order valence-corrected chi connectivity index (χ4v) is 3.66. The first-order chi connectivity index (χ1) is 10.2. The van der Waals surface area contributed by atoms with E-state index in [1.807, 2.05) is 0 Å². The monoisotopic (exact) mass is 319 g/mol. The summed E-state index contributed by atoms with van der Waals surface area (Å²) in [4.78, 5) is 11.2. The largest absolute Gasteiger partial charge is 0.478 e. The lowest BCUT2D eigenvalue weighted by Gasteiger charge is -2.21. The Hall–Kier alpha value is -2.34. The van der Waals surface area contributed by atoms with E-state index < -0.39 is 16.0 Å². The minimum atomic E-state index is -3.83. The summed E-state index contributed by atoms with van der Waals surface area (Å²) in [5.41, 5.74) is 1.65. The zero-order chi connectivity index (χ0) is 16.5. The van der Waals surface area contributed by atoms with E-state index in [0.29, 0.717) is 16.8 Å². The highest BCUT2D eigenvalue weighted by atomic mass is 32.2. The van der Waals surface area contributed by atoms with Crippen LogP contribution in [0, 0.1) is 13.8 Å². The first kappa shape index (κ1) is 16.0. The van der Waals surface area contributed by atoms with Gasteiger partial charge in [-0.3, -0.25) is 4.31 Å². The van der Waals surface area contributed by atoms with Gasteiger partial charge in [0.1, 0.15) is 0 Å². The first-order valence-electron chi connectivity index (χ1n) is 6.63. The predicted octanol–water partition coefficient (Wildman–Crippen LogP) is 2.83. The van der Waals surface area contributed by atoms with Crippen molar-refractivity contribution in [1.29, 1.82) is 0 Å². The van der Waals surface area contributed by atoms with Gasteiger partial charge in [0.2, 0.25) is 0 Å². The summed E-state index contributed by atoms with van der Waals surface area (Å²) in [6.07, 6.45) is 0. The molecule has 0 saturated heterocycles. The van der Waals surface area contributed by atoms with Crippen molar-refractivity contribution >= 4 is 21.7 Å². The molecule has 0 atom stereocenters. The molecule has 0 aliphatic heterocycles. The summed E-state index contributed by atoms with van der Waals surface area (Å²) in [5.74, 6) is -1.15. The Morgan fingerprint density at radius 2 is 1.68 bits per heavy atom. The number of hydrogen-bond donors (Lipinski definition) is 1. The molecule has 2 aromatic rings. The summed E-state index contributed by atoms with van der Waals surface area (Å²) < 4.78 is 26.8. The number of benzene rings is 2. The third kappa shape index (κ3) is 2.82. The molecule has 1 N–H and O–H groups in total. The average Bonchev–Trinajstić information content (AvgIpc) is 2.49. The molecule has 116 valence electrons. The Kier molecular flexibility index (Phi) is 4.23. The number of hydrogen-bond acceptors (Lipinski definition) is 3. The smallest absolute Gasteiger partial charge is 0.335 e. The second kappa shape index (κ2) is 5.81. The maximum Gasteiger partial charge on any atom is 0.335 e. The van der Waals surface area contributed by atoms with Crippen molar-refractivity contribution in [2.24, 2.45) is 0 Å². The van der Waals surface area contributed by atoms with Gasteiger partial charge in [-0.2, -0.15) is 0 Å². The number of aromatic carboxylic acids is 1. The van der Waals surface area contributed by atoms with Gasteiger partial charge in [0.05, 0.1) is 16.1 Å². The van der Waals surface area contributed by atoms with Gasteiger partial charge < -0.3 is 5.11 Å². The van der Waals surface area contributed by atoms with Crippen LogP contribution in [0.3, 0.4) is 0 Å². The summed E-state index contributed by atoms with van der Waals surface area (Å²) in [7, 11) is -2.38. The van der Waals surface area contributed by atoms with Crippen molar-refractivity contribution in [3.63, 3.8) is 0 Å². The lowest BCUT2D eigenvalue weighted by molar-refractivity contribution is 0.0696. The summed E-state index contributed by atoms with van der Waals surface area (Å²) in [5, 5.41) is 9.14. The fraction of sp³-hybridized carbons (Fsp3) is 0.188. The van der Waals surface area contributed by atoms with Gasteiger partial charge in [0.15, 0.2) is 0 Å². The molecule has 0 aromatic heterocycles. The minimum Gasteiger partial charge on any atom is -0.478 e. The van der Waals surface area contributed by atoms with E-state index in [9.17, 15) is 13.2 Å². The molecule has 0 bridgehead atoms. The number of carbonyl (C=O) groups is 1. The van der Waals surface area contributed by atoms with Crippen LogP contribution in [-0.2, 0) is 10.0 Å². The number of para-hydroxylation sites is 1. The molecule has 22 heavy (non-hydrogen) atoms. The highest BCUT2D eigenvalue weighted by Gasteiger charge is 2.25. The molecule has 2 rings (SSSR count).